The molecule has 0 amide bonds. The smallest absolute Gasteiger partial charge is 0.253 e. The molecule has 3 nitrogen and oxygen atoms in total. The van der Waals surface area contributed by atoms with Crippen LogP contribution < -0.4 is 10.4 Å². The summed E-state index contributed by atoms with van der Waals surface area (Å²) >= 11 is 1.69. The summed E-state index contributed by atoms with van der Waals surface area (Å²) in [5.41, 5.74) is 0.894. The van der Waals surface area contributed by atoms with Crippen LogP contribution in [0.3, 0.4) is 0 Å². The fourth-order valence-corrected chi connectivity index (χ4v) is 6.83. The molecule has 0 saturated carbocycles. The molecule has 3 aromatic rings. The van der Waals surface area contributed by atoms with Crippen LogP contribution in [0.4, 0.5) is 0 Å². The third-order valence-electron chi connectivity index (χ3n) is 4.36. The molecule has 3 rings (SSSR count). The molecule has 0 saturated heterocycles. The zero-order chi connectivity index (χ0) is 19.1. The van der Waals surface area contributed by atoms with E-state index in [2.05, 4.69) is 77.7 Å². The van der Waals surface area contributed by atoms with Crippen molar-refractivity contribution in [2.75, 3.05) is 6.61 Å². The van der Waals surface area contributed by atoms with Crippen molar-refractivity contribution in [3.05, 3.63) is 83.1 Å². The van der Waals surface area contributed by atoms with E-state index in [1.54, 1.807) is 11.3 Å². The number of thiophene rings is 1. The molecule has 0 spiro atoms. The minimum Gasteiger partial charge on any atom is -0.397 e. The number of oxime groups is 1. The highest BCUT2D eigenvalue weighted by Gasteiger charge is 2.37. The highest BCUT2D eigenvalue weighted by atomic mass is 32.1. The summed E-state index contributed by atoms with van der Waals surface area (Å²) in [4.78, 5) is 6.75. The van der Waals surface area contributed by atoms with E-state index in [1.165, 1.54) is 10.4 Å². The first-order chi connectivity index (χ1) is 13.1. The van der Waals surface area contributed by atoms with Gasteiger partial charge in [0.15, 0.2) is 0 Å². The number of benzene rings is 2. The monoisotopic (exact) mass is 395 g/mol. The Labute approximate surface area is 166 Å². The molecule has 27 heavy (non-hydrogen) atoms. The normalized spacial score (nSPS) is 12.4. The Bertz CT molecular complexity index is 807. The molecular formula is C22H25NO2SSi. The second-order valence-electron chi connectivity index (χ2n) is 6.72. The maximum atomic E-state index is 6.89. The number of rotatable bonds is 8. The van der Waals surface area contributed by atoms with Crippen molar-refractivity contribution in [1.82, 2.24) is 0 Å². The van der Waals surface area contributed by atoms with Gasteiger partial charge in [-0.1, -0.05) is 71.9 Å². The van der Waals surface area contributed by atoms with E-state index >= 15 is 0 Å². The molecule has 0 aliphatic carbocycles. The summed E-state index contributed by atoms with van der Waals surface area (Å²) in [6.45, 7) is 6.50. The highest BCUT2D eigenvalue weighted by molar-refractivity contribution is 7.10. The molecule has 0 fully saturated rings. The predicted molar refractivity (Wildman–Crippen MR) is 117 cm³/mol. The molecule has 0 radical (unpaired) electrons. The molecule has 2 aromatic carbocycles. The van der Waals surface area contributed by atoms with Gasteiger partial charge in [0.2, 0.25) is 0 Å². The fraction of sp³-hybridized carbons (Fsp3) is 0.227. The highest BCUT2D eigenvalue weighted by Crippen LogP contribution is 2.27. The quantitative estimate of drug-likeness (QED) is 0.317. The summed E-state index contributed by atoms with van der Waals surface area (Å²) in [5, 5.41) is 8.67. The molecule has 0 N–H and O–H groups in total. The molecule has 0 bridgehead atoms. The predicted octanol–water partition coefficient (Wildman–Crippen LogP) is 4.61. The Hall–Kier alpha value is -2.21. The van der Waals surface area contributed by atoms with Gasteiger partial charge in [-0.15, -0.1) is 11.3 Å². The summed E-state index contributed by atoms with van der Waals surface area (Å²) < 4.78 is 6.89. The van der Waals surface area contributed by atoms with Gasteiger partial charge >= 0.3 is 0 Å². The molecule has 5 heteroatoms. The van der Waals surface area contributed by atoms with Crippen LogP contribution in [-0.4, -0.2) is 20.6 Å². The van der Waals surface area contributed by atoms with Crippen LogP contribution in [0.2, 0.25) is 6.55 Å². The van der Waals surface area contributed by atoms with Crippen LogP contribution >= 0.6 is 11.3 Å². The van der Waals surface area contributed by atoms with Gasteiger partial charge in [0.25, 0.3) is 8.32 Å². The lowest BCUT2D eigenvalue weighted by Gasteiger charge is -2.32. The first-order valence-electron chi connectivity index (χ1n) is 9.05. The average Bonchev–Trinajstić information content (AvgIpc) is 3.23. The van der Waals surface area contributed by atoms with Gasteiger partial charge in [0.05, 0.1) is 5.71 Å². The number of nitrogens with zero attached hydrogens (tertiary/aromatic N) is 1. The molecule has 0 aliphatic heterocycles. The summed E-state index contributed by atoms with van der Waals surface area (Å²) in [6, 6.07) is 25.2. The number of hydrogen-bond donors (Lipinski definition) is 0. The minimum atomic E-state index is -2.42. The zero-order valence-electron chi connectivity index (χ0n) is 16.0. The van der Waals surface area contributed by atoms with Gasteiger partial charge in [-0.25, -0.2) is 0 Å². The van der Waals surface area contributed by atoms with Gasteiger partial charge in [-0.05, 0) is 42.2 Å². The SMILES string of the molecule is CC(C)=NOC[C@@H](O[Si](C)(c1ccccc1)c1ccccc1)c1cccs1. The van der Waals surface area contributed by atoms with E-state index in [1.807, 2.05) is 26.0 Å². The van der Waals surface area contributed by atoms with Crippen molar-refractivity contribution in [1.29, 1.82) is 0 Å². The van der Waals surface area contributed by atoms with Crippen molar-refractivity contribution in [2.45, 2.75) is 26.5 Å². The van der Waals surface area contributed by atoms with Crippen molar-refractivity contribution < 1.29 is 9.26 Å². The Morgan fingerprint density at radius 3 is 2.00 bits per heavy atom. The molecule has 140 valence electrons. The van der Waals surface area contributed by atoms with Crippen LogP contribution in [0.25, 0.3) is 0 Å². The molecule has 0 aliphatic rings. The van der Waals surface area contributed by atoms with Crippen LogP contribution in [-0.2, 0) is 9.26 Å². The summed E-state index contributed by atoms with van der Waals surface area (Å²) in [7, 11) is -2.42. The maximum Gasteiger partial charge on any atom is 0.253 e. The van der Waals surface area contributed by atoms with E-state index in [-0.39, 0.29) is 6.10 Å². The van der Waals surface area contributed by atoms with Gasteiger partial charge in [0, 0.05) is 4.88 Å². The average molecular weight is 396 g/mol. The van der Waals surface area contributed by atoms with E-state index in [0.29, 0.717) is 6.61 Å². The van der Waals surface area contributed by atoms with Crippen molar-refractivity contribution in [3.8, 4) is 0 Å². The lowest BCUT2D eigenvalue weighted by atomic mass is 10.3. The second-order valence-corrected chi connectivity index (χ2v) is 11.2. The lowest BCUT2D eigenvalue weighted by Crippen LogP contribution is -2.59. The third-order valence-corrected chi connectivity index (χ3v) is 8.95. The van der Waals surface area contributed by atoms with Crippen LogP contribution in [0.15, 0.2) is 83.3 Å². The van der Waals surface area contributed by atoms with Gasteiger partial charge < -0.3 is 9.26 Å². The van der Waals surface area contributed by atoms with E-state index in [0.717, 1.165) is 10.6 Å². The van der Waals surface area contributed by atoms with Gasteiger partial charge in [-0.2, -0.15) is 0 Å². The minimum absolute atomic E-state index is 0.162. The van der Waals surface area contributed by atoms with Crippen LogP contribution in [0, 0.1) is 0 Å². The van der Waals surface area contributed by atoms with Crippen LogP contribution in [0.1, 0.15) is 24.8 Å². The molecule has 0 unspecified atom stereocenters. The molecular weight excluding hydrogens is 370 g/mol. The number of hydrogen-bond acceptors (Lipinski definition) is 4. The maximum absolute atomic E-state index is 6.89. The van der Waals surface area contributed by atoms with E-state index in [4.69, 9.17) is 9.26 Å². The van der Waals surface area contributed by atoms with E-state index in [9.17, 15) is 0 Å². The molecule has 1 atom stereocenters. The molecule has 1 heterocycles. The fourth-order valence-electron chi connectivity index (χ4n) is 2.98. The molecule has 1 aromatic heterocycles. The zero-order valence-corrected chi connectivity index (χ0v) is 17.8. The standard InChI is InChI=1S/C22H25NO2SSi/c1-18(2)23-24-17-21(22-15-10-16-26-22)25-27(3,19-11-6-4-7-12-19)20-13-8-5-9-14-20/h4-16,21H,17H2,1-3H3/t21-/m1/s1. The van der Waals surface area contributed by atoms with Crippen LogP contribution in [0.5, 0.6) is 0 Å². The van der Waals surface area contributed by atoms with Gasteiger partial charge in [-0.3, -0.25) is 0 Å². The Kier molecular flexibility index (Phi) is 6.61. The lowest BCUT2D eigenvalue weighted by molar-refractivity contribution is 0.0529. The Morgan fingerprint density at radius 2 is 1.52 bits per heavy atom. The largest absolute Gasteiger partial charge is 0.397 e. The summed E-state index contributed by atoms with van der Waals surface area (Å²) in [5.74, 6) is 0. The van der Waals surface area contributed by atoms with E-state index < -0.39 is 8.32 Å². The van der Waals surface area contributed by atoms with Crippen molar-refractivity contribution >= 4 is 35.7 Å². The first-order valence-corrected chi connectivity index (χ1v) is 12.3. The topological polar surface area (TPSA) is 30.8 Å². The third kappa shape index (κ3) is 4.94. The van der Waals surface area contributed by atoms with Gasteiger partial charge in [0.1, 0.15) is 12.7 Å². The summed E-state index contributed by atoms with van der Waals surface area (Å²) in [6.07, 6.45) is -0.162. The second kappa shape index (κ2) is 9.13. The first kappa shape index (κ1) is 19.5. The Morgan fingerprint density at radius 1 is 0.926 bits per heavy atom. The van der Waals surface area contributed by atoms with Crippen molar-refractivity contribution in [2.24, 2.45) is 5.16 Å². The Balaban J connectivity index is 1.96. The van der Waals surface area contributed by atoms with Crippen molar-refractivity contribution in [3.63, 3.8) is 0 Å².